The Hall–Kier alpha value is -2.39. The zero-order valence-electron chi connectivity index (χ0n) is 16.5. The van der Waals surface area contributed by atoms with Crippen LogP contribution in [-0.4, -0.2) is 48.5 Å². The lowest BCUT2D eigenvalue weighted by Crippen LogP contribution is -2.51. The van der Waals surface area contributed by atoms with E-state index in [4.69, 9.17) is 0 Å². The van der Waals surface area contributed by atoms with Crippen molar-refractivity contribution in [3.63, 3.8) is 0 Å². The Morgan fingerprint density at radius 1 is 1.38 bits per heavy atom. The van der Waals surface area contributed by atoms with Gasteiger partial charge in [0.15, 0.2) is 0 Å². The van der Waals surface area contributed by atoms with E-state index in [1.54, 1.807) is 36.5 Å². The molecule has 1 fully saturated rings. The zero-order valence-corrected chi connectivity index (χ0v) is 17.3. The summed E-state index contributed by atoms with van der Waals surface area (Å²) in [6.07, 6.45) is -2.83. The van der Waals surface area contributed by atoms with Crippen molar-refractivity contribution in [2.45, 2.75) is 26.1 Å². The summed E-state index contributed by atoms with van der Waals surface area (Å²) in [5, 5.41) is 5.59. The average Bonchev–Trinajstić information content (AvgIpc) is 3.17. The molecule has 1 aliphatic heterocycles. The number of halogens is 3. The Morgan fingerprint density at radius 2 is 2.10 bits per heavy atom. The Labute approximate surface area is 171 Å². The minimum atomic E-state index is -4.44. The highest BCUT2D eigenvalue weighted by Gasteiger charge is 2.34. The quantitative estimate of drug-likeness (QED) is 0.803. The maximum Gasteiger partial charge on any atom is 0.418 e. The summed E-state index contributed by atoms with van der Waals surface area (Å²) in [6, 6.07) is 5.65. The van der Waals surface area contributed by atoms with Gasteiger partial charge in [-0.25, -0.2) is 4.98 Å². The molecule has 1 N–H and O–H groups in total. The minimum absolute atomic E-state index is 0.0574. The van der Waals surface area contributed by atoms with Crippen molar-refractivity contribution in [2.24, 2.45) is 0 Å². The summed E-state index contributed by atoms with van der Waals surface area (Å²) < 4.78 is 39.8. The number of nitrogens with zero attached hydrogens (tertiary/aromatic N) is 3. The molecular weight excluding hydrogens is 401 g/mol. The van der Waals surface area contributed by atoms with E-state index in [1.807, 2.05) is 6.92 Å². The van der Waals surface area contributed by atoms with Gasteiger partial charge in [0.2, 0.25) is 0 Å². The molecule has 1 atom stereocenters. The Bertz CT molecular complexity index is 909. The number of carbonyl (C=O) groups excluding carboxylic acids is 1. The zero-order chi connectivity index (χ0) is 21.2. The molecule has 1 saturated heterocycles. The normalized spacial score (nSPS) is 18.1. The molecule has 0 aliphatic carbocycles. The van der Waals surface area contributed by atoms with Gasteiger partial charge in [0.05, 0.1) is 11.3 Å². The van der Waals surface area contributed by atoms with Crippen LogP contribution in [0.5, 0.6) is 0 Å². The lowest BCUT2D eigenvalue weighted by Gasteiger charge is -2.31. The maximum absolute atomic E-state index is 13.3. The second kappa shape index (κ2) is 8.54. The minimum Gasteiger partial charge on any atom is -0.350 e. The first-order chi connectivity index (χ1) is 13.7. The summed E-state index contributed by atoms with van der Waals surface area (Å²) in [5.41, 5.74) is 0.406. The highest BCUT2D eigenvalue weighted by atomic mass is 32.1. The van der Waals surface area contributed by atoms with Crippen LogP contribution in [0, 0.1) is 0 Å². The number of hydrogen-bond acceptors (Lipinski definition) is 5. The number of hydrogen-bond donors (Lipinski definition) is 1. The molecule has 1 aromatic heterocycles. The number of piperazine rings is 1. The lowest BCUT2D eigenvalue weighted by atomic mass is 10.1. The maximum atomic E-state index is 13.3. The molecule has 1 aliphatic rings. The van der Waals surface area contributed by atoms with Gasteiger partial charge in [-0.1, -0.05) is 12.1 Å². The van der Waals surface area contributed by atoms with E-state index in [0.717, 1.165) is 12.6 Å². The average molecular weight is 424 g/mol. The van der Waals surface area contributed by atoms with Crippen LogP contribution < -0.4 is 10.2 Å². The van der Waals surface area contributed by atoms with Crippen LogP contribution in [-0.2, 0) is 6.18 Å². The second-order valence-electron chi connectivity index (χ2n) is 7.08. The predicted octanol–water partition coefficient (Wildman–Crippen LogP) is 4.09. The number of alkyl halides is 3. The highest BCUT2D eigenvalue weighted by molar-refractivity contribution is 7.11. The van der Waals surface area contributed by atoms with E-state index in [-0.39, 0.29) is 17.6 Å². The molecule has 2 aromatic rings. The van der Waals surface area contributed by atoms with Crippen LogP contribution in [0.4, 0.5) is 18.9 Å². The van der Waals surface area contributed by atoms with Gasteiger partial charge in [0.1, 0.15) is 10.7 Å². The highest BCUT2D eigenvalue weighted by Crippen LogP contribution is 2.36. The van der Waals surface area contributed by atoms with Crippen molar-refractivity contribution >= 4 is 28.5 Å². The standard InChI is InChI=1S/C20H23F3N4OS/c1-13(10-26(3)17-7-5-4-6-15(17)20(21,22)23)18-25-16(12-29-18)19(28)27-9-8-24-14(2)11-27/h4-7,10,12,14,24H,8-9,11H2,1-3H3/b13-10+/t14-/m0/s1. The van der Waals surface area contributed by atoms with E-state index in [2.05, 4.69) is 10.3 Å². The number of carbonyl (C=O) groups is 1. The van der Waals surface area contributed by atoms with Crippen LogP contribution in [0.1, 0.15) is 34.9 Å². The van der Waals surface area contributed by atoms with Crippen molar-refractivity contribution in [1.82, 2.24) is 15.2 Å². The van der Waals surface area contributed by atoms with Crippen molar-refractivity contribution in [2.75, 3.05) is 31.6 Å². The number of aromatic nitrogens is 1. The van der Waals surface area contributed by atoms with Crippen LogP contribution >= 0.6 is 11.3 Å². The molecule has 1 amide bonds. The summed E-state index contributed by atoms with van der Waals surface area (Å²) >= 11 is 1.31. The van der Waals surface area contributed by atoms with Gasteiger partial charge >= 0.3 is 6.18 Å². The topological polar surface area (TPSA) is 48.5 Å². The Morgan fingerprint density at radius 3 is 2.79 bits per heavy atom. The summed E-state index contributed by atoms with van der Waals surface area (Å²) in [6.45, 7) is 5.78. The van der Waals surface area contributed by atoms with Crippen molar-refractivity contribution in [3.8, 4) is 0 Å². The molecule has 1 aromatic carbocycles. The summed E-state index contributed by atoms with van der Waals surface area (Å²) in [7, 11) is 1.57. The number of anilines is 1. The molecule has 0 saturated carbocycles. The molecule has 3 rings (SSSR count). The fraction of sp³-hybridized carbons (Fsp3) is 0.400. The van der Waals surface area contributed by atoms with Crippen LogP contribution in [0.2, 0.25) is 0 Å². The molecule has 0 radical (unpaired) electrons. The predicted molar refractivity (Wildman–Crippen MR) is 109 cm³/mol. The first-order valence-corrected chi connectivity index (χ1v) is 10.1. The molecule has 0 spiro atoms. The van der Waals surface area contributed by atoms with E-state index < -0.39 is 11.7 Å². The number of benzene rings is 1. The number of amides is 1. The molecule has 2 heterocycles. The van der Waals surface area contributed by atoms with Crippen LogP contribution in [0.25, 0.3) is 5.57 Å². The molecular formula is C20H23F3N4OS. The van der Waals surface area contributed by atoms with Crippen molar-refractivity contribution in [1.29, 1.82) is 0 Å². The smallest absolute Gasteiger partial charge is 0.350 e. The Balaban J connectivity index is 1.78. The number of para-hydroxylation sites is 1. The van der Waals surface area contributed by atoms with Gasteiger partial charge in [-0.3, -0.25) is 4.79 Å². The van der Waals surface area contributed by atoms with Gasteiger partial charge in [-0.2, -0.15) is 13.2 Å². The first kappa shape index (κ1) is 21.3. The molecule has 5 nitrogen and oxygen atoms in total. The van der Waals surface area contributed by atoms with Gasteiger partial charge < -0.3 is 15.1 Å². The first-order valence-electron chi connectivity index (χ1n) is 9.23. The lowest BCUT2D eigenvalue weighted by molar-refractivity contribution is -0.137. The fourth-order valence-corrected chi connectivity index (χ4v) is 4.03. The van der Waals surface area contributed by atoms with Crippen LogP contribution in [0.15, 0.2) is 35.8 Å². The van der Waals surface area contributed by atoms with E-state index in [9.17, 15) is 18.0 Å². The monoisotopic (exact) mass is 424 g/mol. The summed E-state index contributed by atoms with van der Waals surface area (Å²) in [4.78, 5) is 20.3. The van der Waals surface area contributed by atoms with Gasteiger partial charge in [-0.05, 0) is 26.0 Å². The molecule has 0 unspecified atom stereocenters. The van der Waals surface area contributed by atoms with Gasteiger partial charge in [0, 0.05) is 49.9 Å². The molecule has 156 valence electrons. The Kier molecular flexibility index (Phi) is 6.28. The number of thiazole rings is 1. The third-order valence-corrected chi connectivity index (χ3v) is 5.67. The van der Waals surface area contributed by atoms with Crippen molar-refractivity contribution < 1.29 is 18.0 Å². The van der Waals surface area contributed by atoms with Crippen molar-refractivity contribution in [3.05, 3.63) is 52.1 Å². The van der Waals surface area contributed by atoms with E-state index >= 15 is 0 Å². The fourth-order valence-electron chi connectivity index (χ4n) is 3.27. The van der Waals surface area contributed by atoms with E-state index in [0.29, 0.717) is 29.4 Å². The van der Waals surface area contributed by atoms with Gasteiger partial charge in [0.25, 0.3) is 5.91 Å². The molecule has 29 heavy (non-hydrogen) atoms. The van der Waals surface area contributed by atoms with E-state index in [1.165, 1.54) is 28.4 Å². The van der Waals surface area contributed by atoms with Crippen LogP contribution in [0.3, 0.4) is 0 Å². The SMILES string of the molecule is C/C(=C\N(C)c1ccccc1C(F)(F)F)c1nc(C(=O)N2CCN[C@@H](C)C2)cs1. The summed E-state index contributed by atoms with van der Waals surface area (Å²) in [5.74, 6) is -0.121. The largest absolute Gasteiger partial charge is 0.418 e. The number of rotatable bonds is 4. The number of allylic oxidation sites excluding steroid dienone is 1. The van der Waals surface area contributed by atoms with Gasteiger partial charge in [-0.15, -0.1) is 11.3 Å². The number of nitrogens with one attached hydrogen (secondary N) is 1. The third-order valence-electron chi connectivity index (χ3n) is 4.69. The molecule has 9 heteroatoms. The third kappa shape index (κ3) is 4.97. The molecule has 0 bridgehead atoms. The second-order valence-corrected chi connectivity index (χ2v) is 7.94.